The number of nitrogens with zero attached hydrogens (tertiary/aromatic N) is 1. The van der Waals surface area contributed by atoms with Gasteiger partial charge in [0.15, 0.2) is 11.5 Å². The number of benzene rings is 2. The molecule has 6 nitrogen and oxygen atoms in total. The number of hydrogen-bond donors (Lipinski definition) is 1. The molecule has 142 valence electrons. The molecule has 27 heavy (non-hydrogen) atoms. The fourth-order valence-corrected chi connectivity index (χ4v) is 3.17. The first kappa shape index (κ1) is 18.8. The number of ether oxygens (including phenoxy) is 2. The van der Waals surface area contributed by atoms with Crippen molar-refractivity contribution in [2.45, 2.75) is 32.4 Å². The third-order valence-electron chi connectivity index (χ3n) is 4.67. The van der Waals surface area contributed by atoms with Gasteiger partial charge in [-0.15, -0.1) is 0 Å². The summed E-state index contributed by atoms with van der Waals surface area (Å²) in [5.74, 6) is 1.11. The molecular formula is C21H24N2O4. The second kappa shape index (κ2) is 8.12. The van der Waals surface area contributed by atoms with Gasteiger partial charge in [-0.05, 0) is 42.7 Å². The molecule has 1 aliphatic rings. The molecule has 0 spiro atoms. The van der Waals surface area contributed by atoms with Crippen LogP contribution in [0, 0.1) is 6.92 Å². The average Bonchev–Trinajstić information content (AvgIpc) is 3.18. The van der Waals surface area contributed by atoms with E-state index in [-0.39, 0.29) is 11.9 Å². The third kappa shape index (κ3) is 4.05. The van der Waals surface area contributed by atoms with Crippen molar-refractivity contribution in [1.29, 1.82) is 0 Å². The molecule has 0 bridgehead atoms. The first-order chi connectivity index (χ1) is 13.0. The minimum Gasteiger partial charge on any atom is -0.493 e. The van der Waals surface area contributed by atoms with Crippen molar-refractivity contribution in [2.24, 2.45) is 5.16 Å². The molecule has 2 aromatic carbocycles. The van der Waals surface area contributed by atoms with E-state index >= 15 is 0 Å². The summed E-state index contributed by atoms with van der Waals surface area (Å²) in [6.45, 7) is 3.91. The molecule has 1 N–H and O–H groups in total. The number of rotatable bonds is 6. The molecule has 2 aromatic rings. The second-order valence-electron chi connectivity index (χ2n) is 6.50. The number of methoxy groups -OCH3 is 2. The number of oxime groups is 1. The molecule has 0 unspecified atom stereocenters. The van der Waals surface area contributed by atoms with Crippen LogP contribution in [0.1, 0.15) is 36.1 Å². The van der Waals surface area contributed by atoms with Gasteiger partial charge in [-0.3, -0.25) is 4.79 Å². The van der Waals surface area contributed by atoms with Crippen molar-refractivity contribution in [3.05, 3.63) is 59.2 Å². The van der Waals surface area contributed by atoms with Gasteiger partial charge in [0.05, 0.1) is 26.0 Å². The predicted molar refractivity (Wildman–Crippen MR) is 103 cm³/mol. The number of hydrogen-bond acceptors (Lipinski definition) is 5. The van der Waals surface area contributed by atoms with Gasteiger partial charge in [0.25, 0.3) is 5.91 Å². The van der Waals surface area contributed by atoms with Crippen molar-refractivity contribution < 1.29 is 19.1 Å². The van der Waals surface area contributed by atoms with Crippen LogP contribution in [0.2, 0.25) is 0 Å². The summed E-state index contributed by atoms with van der Waals surface area (Å²) in [6, 6.07) is 13.3. The van der Waals surface area contributed by atoms with E-state index in [2.05, 4.69) is 10.5 Å². The van der Waals surface area contributed by atoms with Crippen molar-refractivity contribution in [3.63, 3.8) is 0 Å². The second-order valence-corrected chi connectivity index (χ2v) is 6.50. The van der Waals surface area contributed by atoms with Crippen LogP contribution in [0.3, 0.4) is 0 Å². The van der Waals surface area contributed by atoms with E-state index in [4.69, 9.17) is 14.3 Å². The van der Waals surface area contributed by atoms with Crippen LogP contribution in [-0.2, 0) is 9.63 Å². The largest absolute Gasteiger partial charge is 0.493 e. The lowest BCUT2D eigenvalue weighted by Gasteiger charge is -2.20. The van der Waals surface area contributed by atoms with E-state index in [9.17, 15) is 4.79 Å². The van der Waals surface area contributed by atoms with Gasteiger partial charge in [0.2, 0.25) is 6.10 Å². The van der Waals surface area contributed by atoms with Gasteiger partial charge in [0.1, 0.15) is 0 Å². The van der Waals surface area contributed by atoms with Gasteiger partial charge in [-0.25, -0.2) is 0 Å². The van der Waals surface area contributed by atoms with E-state index in [1.165, 1.54) is 0 Å². The van der Waals surface area contributed by atoms with E-state index < -0.39 is 6.10 Å². The Labute approximate surface area is 159 Å². The summed E-state index contributed by atoms with van der Waals surface area (Å²) in [5, 5.41) is 7.08. The Balaban J connectivity index is 1.67. The standard InChI is InChI=1S/C21H24N2O4/c1-13-10-18(25-3)19(26-4)11-16(13)14(2)22-21(24)20-12-17(23-27-20)15-8-6-5-7-9-15/h5-11,14,20H,12H2,1-4H3,(H,22,24)/t14-,20+/m1/s1. The molecule has 0 aliphatic carbocycles. The first-order valence-corrected chi connectivity index (χ1v) is 8.84. The maximum absolute atomic E-state index is 12.6. The van der Waals surface area contributed by atoms with Gasteiger partial charge < -0.3 is 19.6 Å². The van der Waals surface area contributed by atoms with Crippen LogP contribution in [0.5, 0.6) is 11.5 Å². The average molecular weight is 368 g/mol. The zero-order valence-corrected chi connectivity index (χ0v) is 16.0. The Morgan fingerprint density at radius 1 is 1.19 bits per heavy atom. The topological polar surface area (TPSA) is 69.2 Å². The summed E-state index contributed by atoms with van der Waals surface area (Å²) in [4.78, 5) is 18.0. The van der Waals surface area contributed by atoms with E-state index in [1.54, 1.807) is 14.2 Å². The zero-order valence-electron chi connectivity index (χ0n) is 16.0. The van der Waals surface area contributed by atoms with Gasteiger partial charge >= 0.3 is 0 Å². The fraction of sp³-hybridized carbons (Fsp3) is 0.333. The lowest BCUT2D eigenvalue weighted by molar-refractivity contribution is -0.131. The molecular weight excluding hydrogens is 344 g/mol. The predicted octanol–water partition coefficient (Wildman–Crippen LogP) is 3.38. The number of carbonyl (C=O) groups is 1. The molecule has 3 rings (SSSR count). The lowest BCUT2D eigenvalue weighted by atomic mass is 10.0. The normalized spacial score (nSPS) is 16.9. The van der Waals surface area contributed by atoms with Crippen molar-refractivity contribution >= 4 is 11.6 Å². The summed E-state index contributed by atoms with van der Waals surface area (Å²) in [6.07, 6.45) is -0.170. The Morgan fingerprint density at radius 2 is 1.85 bits per heavy atom. The molecule has 1 aliphatic heterocycles. The Morgan fingerprint density at radius 3 is 2.52 bits per heavy atom. The summed E-state index contributed by atoms with van der Waals surface area (Å²) < 4.78 is 10.7. The molecule has 0 saturated heterocycles. The van der Waals surface area contributed by atoms with Crippen molar-refractivity contribution in [3.8, 4) is 11.5 Å². The summed E-state index contributed by atoms with van der Waals surface area (Å²) in [5.41, 5.74) is 3.72. The van der Waals surface area contributed by atoms with Crippen molar-refractivity contribution in [1.82, 2.24) is 5.32 Å². The zero-order chi connectivity index (χ0) is 19.4. The van der Waals surface area contributed by atoms with Gasteiger partial charge in [-0.1, -0.05) is 35.5 Å². The highest BCUT2D eigenvalue weighted by Gasteiger charge is 2.30. The SMILES string of the molecule is COc1cc(C)c([C@@H](C)NC(=O)[C@@H]2CC(c3ccccc3)=NO2)cc1OC. The highest BCUT2D eigenvalue weighted by Crippen LogP contribution is 2.33. The van der Waals surface area contributed by atoms with Crippen LogP contribution >= 0.6 is 0 Å². The fourth-order valence-electron chi connectivity index (χ4n) is 3.17. The molecule has 0 fully saturated rings. The molecule has 6 heteroatoms. The van der Waals surface area contributed by atoms with Gasteiger partial charge in [0, 0.05) is 6.42 Å². The Hall–Kier alpha value is -3.02. The minimum atomic E-state index is -0.622. The molecule has 2 atom stereocenters. The Kier molecular flexibility index (Phi) is 5.64. The molecule has 0 aromatic heterocycles. The maximum Gasteiger partial charge on any atom is 0.264 e. The molecule has 1 amide bonds. The monoisotopic (exact) mass is 368 g/mol. The molecule has 0 radical (unpaired) electrons. The van der Waals surface area contributed by atoms with E-state index in [0.29, 0.717) is 17.9 Å². The number of carbonyl (C=O) groups excluding carboxylic acids is 1. The van der Waals surface area contributed by atoms with E-state index in [1.807, 2.05) is 56.3 Å². The van der Waals surface area contributed by atoms with Crippen molar-refractivity contribution in [2.75, 3.05) is 14.2 Å². The highest BCUT2D eigenvalue weighted by atomic mass is 16.6. The maximum atomic E-state index is 12.6. The number of nitrogens with one attached hydrogen (secondary N) is 1. The molecule has 0 saturated carbocycles. The van der Waals surface area contributed by atoms with Crippen LogP contribution in [0.4, 0.5) is 0 Å². The lowest BCUT2D eigenvalue weighted by Crippen LogP contribution is -2.36. The Bertz CT molecular complexity index is 849. The van der Waals surface area contributed by atoms with Crippen LogP contribution in [0.25, 0.3) is 0 Å². The summed E-state index contributed by atoms with van der Waals surface area (Å²) >= 11 is 0. The molecule has 1 heterocycles. The van der Waals surface area contributed by atoms with Gasteiger partial charge in [-0.2, -0.15) is 0 Å². The number of aryl methyl sites for hydroxylation is 1. The minimum absolute atomic E-state index is 0.189. The quantitative estimate of drug-likeness (QED) is 0.849. The number of amides is 1. The summed E-state index contributed by atoms with van der Waals surface area (Å²) in [7, 11) is 3.19. The van der Waals surface area contributed by atoms with Crippen LogP contribution in [-0.4, -0.2) is 31.9 Å². The highest BCUT2D eigenvalue weighted by molar-refractivity contribution is 6.04. The van der Waals surface area contributed by atoms with E-state index in [0.717, 1.165) is 22.4 Å². The van der Waals surface area contributed by atoms with Crippen LogP contribution in [0.15, 0.2) is 47.6 Å². The third-order valence-corrected chi connectivity index (χ3v) is 4.67. The van der Waals surface area contributed by atoms with Crippen LogP contribution < -0.4 is 14.8 Å². The smallest absolute Gasteiger partial charge is 0.264 e. The first-order valence-electron chi connectivity index (χ1n) is 8.84.